The molecule has 1 heterocycles. The summed E-state index contributed by atoms with van der Waals surface area (Å²) in [5, 5.41) is 7.52. The standard InChI is InChI=1S/C19H20ClFN4/c1-3-12(2)11-22-18-14-6-4-5-7-17(14)24-19(25-18)23-13-8-9-16(21)15(20)10-13/h4-10,12H,3,11H2,1-2H3,(H2,22,23,24,25). The molecule has 0 aliphatic heterocycles. The quantitative estimate of drug-likeness (QED) is 0.600. The molecular weight excluding hydrogens is 339 g/mol. The molecule has 0 spiro atoms. The van der Waals surface area contributed by atoms with Crippen LogP contribution >= 0.6 is 11.6 Å². The van der Waals surface area contributed by atoms with Gasteiger partial charge in [0.2, 0.25) is 5.95 Å². The largest absolute Gasteiger partial charge is 0.369 e. The van der Waals surface area contributed by atoms with E-state index in [1.807, 2.05) is 24.3 Å². The van der Waals surface area contributed by atoms with Crippen LogP contribution in [0.5, 0.6) is 0 Å². The highest BCUT2D eigenvalue weighted by Crippen LogP contribution is 2.25. The molecule has 0 amide bonds. The fourth-order valence-electron chi connectivity index (χ4n) is 2.39. The summed E-state index contributed by atoms with van der Waals surface area (Å²) in [6.45, 7) is 5.19. The minimum Gasteiger partial charge on any atom is -0.369 e. The van der Waals surface area contributed by atoms with Crippen LogP contribution < -0.4 is 10.6 Å². The Morgan fingerprint density at radius 2 is 1.96 bits per heavy atom. The van der Waals surface area contributed by atoms with E-state index in [1.54, 1.807) is 6.07 Å². The van der Waals surface area contributed by atoms with Crippen molar-refractivity contribution in [1.82, 2.24) is 9.97 Å². The van der Waals surface area contributed by atoms with Crippen LogP contribution in [0.4, 0.5) is 21.8 Å². The van der Waals surface area contributed by atoms with Gasteiger partial charge in [-0.3, -0.25) is 0 Å². The number of halogens is 2. The predicted molar refractivity (Wildman–Crippen MR) is 102 cm³/mol. The molecule has 6 heteroatoms. The Bertz CT molecular complexity index is 884. The van der Waals surface area contributed by atoms with E-state index in [2.05, 4.69) is 34.4 Å². The van der Waals surface area contributed by atoms with Crippen molar-refractivity contribution < 1.29 is 4.39 Å². The van der Waals surface area contributed by atoms with Crippen LogP contribution in [-0.2, 0) is 0 Å². The molecule has 2 aromatic carbocycles. The highest BCUT2D eigenvalue weighted by Gasteiger charge is 2.09. The molecule has 0 fully saturated rings. The summed E-state index contributed by atoms with van der Waals surface area (Å²) in [5.41, 5.74) is 1.47. The lowest BCUT2D eigenvalue weighted by atomic mass is 10.1. The Morgan fingerprint density at radius 1 is 1.16 bits per heavy atom. The first-order valence-corrected chi connectivity index (χ1v) is 8.67. The first-order chi connectivity index (χ1) is 12.1. The van der Waals surface area contributed by atoms with Crippen molar-refractivity contribution in [1.29, 1.82) is 0 Å². The van der Waals surface area contributed by atoms with E-state index >= 15 is 0 Å². The van der Waals surface area contributed by atoms with Crippen LogP contribution in [0.25, 0.3) is 10.9 Å². The number of rotatable bonds is 6. The molecule has 0 radical (unpaired) electrons. The van der Waals surface area contributed by atoms with E-state index in [-0.39, 0.29) is 5.02 Å². The molecule has 1 aromatic heterocycles. The summed E-state index contributed by atoms with van der Waals surface area (Å²) in [6.07, 6.45) is 1.09. The van der Waals surface area contributed by atoms with Gasteiger partial charge in [0.25, 0.3) is 0 Å². The second-order valence-electron chi connectivity index (χ2n) is 6.06. The van der Waals surface area contributed by atoms with Crippen LogP contribution in [0, 0.1) is 11.7 Å². The van der Waals surface area contributed by atoms with Crippen molar-refractivity contribution in [3.8, 4) is 0 Å². The van der Waals surface area contributed by atoms with E-state index in [9.17, 15) is 4.39 Å². The zero-order chi connectivity index (χ0) is 17.8. The average molecular weight is 359 g/mol. The Hall–Kier alpha value is -2.40. The van der Waals surface area contributed by atoms with Gasteiger partial charge in [0.15, 0.2) is 0 Å². The van der Waals surface area contributed by atoms with Gasteiger partial charge in [-0.2, -0.15) is 4.98 Å². The smallest absolute Gasteiger partial charge is 0.229 e. The van der Waals surface area contributed by atoms with Crippen LogP contribution in [0.3, 0.4) is 0 Å². The van der Waals surface area contributed by atoms with Crippen LogP contribution in [0.2, 0.25) is 5.02 Å². The molecule has 4 nitrogen and oxygen atoms in total. The summed E-state index contributed by atoms with van der Waals surface area (Å²) in [6, 6.07) is 12.3. The third-order valence-electron chi connectivity index (χ3n) is 4.09. The Morgan fingerprint density at radius 3 is 2.72 bits per heavy atom. The molecule has 0 saturated carbocycles. The zero-order valence-corrected chi connectivity index (χ0v) is 14.9. The van der Waals surface area contributed by atoms with Crippen molar-refractivity contribution in [2.75, 3.05) is 17.2 Å². The normalized spacial score (nSPS) is 12.2. The molecule has 0 bridgehead atoms. The monoisotopic (exact) mass is 358 g/mol. The van der Waals surface area contributed by atoms with Gasteiger partial charge >= 0.3 is 0 Å². The number of anilines is 3. The summed E-state index contributed by atoms with van der Waals surface area (Å²) in [4.78, 5) is 9.12. The first kappa shape index (κ1) is 17.4. The van der Waals surface area contributed by atoms with Crippen LogP contribution in [0.1, 0.15) is 20.3 Å². The zero-order valence-electron chi connectivity index (χ0n) is 14.2. The van der Waals surface area contributed by atoms with Gasteiger partial charge in [0.1, 0.15) is 11.6 Å². The van der Waals surface area contributed by atoms with Crippen molar-refractivity contribution >= 4 is 40.0 Å². The number of benzene rings is 2. The first-order valence-electron chi connectivity index (χ1n) is 8.29. The van der Waals surface area contributed by atoms with Gasteiger partial charge < -0.3 is 10.6 Å². The van der Waals surface area contributed by atoms with Crippen LogP contribution in [-0.4, -0.2) is 16.5 Å². The van der Waals surface area contributed by atoms with Gasteiger partial charge in [0.05, 0.1) is 10.5 Å². The Balaban J connectivity index is 1.93. The molecule has 25 heavy (non-hydrogen) atoms. The van der Waals surface area contributed by atoms with Gasteiger partial charge in [0, 0.05) is 17.6 Å². The Labute approximate surface area is 151 Å². The number of aromatic nitrogens is 2. The lowest BCUT2D eigenvalue weighted by Crippen LogP contribution is -2.12. The fraction of sp³-hybridized carbons (Fsp3) is 0.263. The lowest BCUT2D eigenvalue weighted by Gasteiger charge is -2.14. The van der Waals surface area contributed by atoms with Crippen molar-refractivity contribution in [3.63, 3.8) is 0 Å². The van der Waals surface area contributed by atoms with Gasteiger partial charge in [-0.25, -0.2) is 9.37 Å². The summed E-state index contributed by atoms with van der Waals surface area (Å²) < 4.78 is 13.3. The minimum atomic E-state index is -0.456. The molecule has 1 atom stereocenters. The number of nitrogens with zero attached hydrogens (tertiary/aromatic N) is 2. The molecule has 1 unspecified atom stereocenters. The van der Waals surface area contributed by atoms with Crippen molar-refractivity contribution in [2.45, 2.75) is 20.3 Å². The SMILES string of the molecule is CCC(C)CNc1nc(Nc2ccc(F)c(Cl)c2)nc2ccccc12. The van der Waals surface area contributed by atoms with Crippen LogP contribution in [0.15, 0.2) is 42.5 Å². The second kappa shape index (κ2) is 7.66. The maximum Gasteiger partial charge on any atom is 0.229 e. The molecule has 130 valence electrons. The summed E-state index contributed by atoms with van der Waals surface area (Å²) in [5.74, 6) is 1.30. The maximum atomic E-state index is 13.3. The number of hydrogen-bond acceptors (Lipinski definition) is 4. The molecule has 3 aromatic rings. The molecule has 2 N–H and O–H groups in total. The highest BCUT2D eigenvalue weighted by molar-refractivity contribution is 6.31. The third-order valence-corrected chi connectivity index (χ3v) is 4.38. The lowest BCUT2D eigenvalue weighted by molar-refractivity contribution is 0.593. The van der Waals surface area contributed by atoms with Gasteiger partial charge in [-0.1, -0.05) is 44.0 Å². The Kier molecular flexibility index (Phi) is 5.34. The van der Waals surface area contributed by atoms with Crippen molar-refractivity contribution in [2.24, 2.45) is 5.92 Å². The van der Waals surface area contributed by atoms with E-state index in [0.717, 1.165) is 29.7 Å². The summed E-state index contributed by atoms with van der Waals surface area (Å²) >= 11 is 5.84. The molecular formula is C19H20ClFN4. The maximum absolute atomic E-state index is 13.3. The van der Waals surface area contributed by atoms with E-state index in [4.69, 9.17) is 11.6 Å². The minimum absolute atomic E-state index is 0.0564. The fourth-order valence-corrected chi connectivity index (χ4v) is 2.57. The number of para-hydroxylation sites is 1. The van der Waals surface area contributed by atoms with Gasteiger partial charge in [-0.05, 0) is 36.2 Å². The highest BCUT2D eigenvalue weighted by atomic mass is 35.5. The topological polar surface area (TPSA) is 49.8 Å². The predicted octanol–water partition coefficient (Wildman–Crippen LogP) is 5.62. The van der Waals surface area contributed by atoms with E-state index in [1.165, 1.54) is 12.1 Å². The van der Waals surface area contributed by atoms with Crippen molar-refractivity contribution in [3.05, 3.63) is 53.3 Å². The third kappa shape index (κ3) is 4.17. The number of hydrogen-bond donors (Lipinski definition) is 2. The molecule has 0 aliphatic carbocycles. The second-order valence-corrected chi connectivity index (χ2v) is 6.47. The number of nitrogens with one attached hydrogen (secondary N) is 2. The molecule has 3 rings (SSSR count). The molecule has 0 saturated heterocycles. The number of fused-ring (bicyclic) bond motifs is 1. The molecule has 0 aliphatic rings. The van der Waals surface area contributed by atoms with E-state index in [0.29, 0.717) is 17.6 Å². The van der Waals surface area contributed by atoms with E-state index < -0.39 is 5.82 Å². The summed E-state index contributed by atoms with van der Waals surface area (Å²) in [7, 11) is 0. The average Bonchev–Trinajstić information content (AvgIpc) is 2.62. The van der Waals surface area contributed by atoms with Gasteiger partial charge in [-0.15, -0.1) is 0 Å².